The van der Waals surface area contributed by atoms with Gasteiger partial charge in [-0.05, 0) is 68.3 Å². The molecule has 28 heavy (non-hydrogen) atoms. The number of esters is 1. The molecule has 1 amide bonds. The Morgan fingerprint density at radius 3 is 2.54 bits per heavy atom. The van der Waals surface area contributed by atoms with Gasteiger partial charge in [0.05, 0.1) is 11.7 Å². The van der Waals surface area contributed by atoms with Gasteiger partial charge >= 0.3 is 5.97 Å². The van der Waals surface area contributed by atoms with Gasteiger partial charge in [0.15, 0.2) is 6.10 Å². The monoisotopic (exact) mass is 403 g/mol. The average Bonchev–Trinajstić information content (AvgIpc) is 3.22. The third-order valence-electron chi connectivity index (χ3n) is 4.31. The molecule has 0 bridgehead atoms. The van der Waals surface area contributed by atoms with Crippen LogP contribution in [0.1, 0.15) is 30.1 Å². The number of rotatable bonds is 7. The van der Waals surface area contributed by atoms with Crippen LogP contribution in [0.4, 0.5) is 5.69 Å². The Kier molecular flexibility index (Phi) is 6.90. The van der Waals surface area contributed by atoms with E-state index in [2.05, 4.69) is 5.32 Å². The number of hydrogen-bond donors (Lipinski definition) is 1. The van der Waals surface area contributed by atoms with Crippen LogP contribution in [-0.4, -0.2) is 37.3 Å². The fourth-order valence-electron chi connectivity index (χ4n) is 2.71. The molecule has 2 aromatic rings. The first-order valence-electron chi connectivity index (χ1n) is 9.13. The van der Waals surface area contributed by atoms with Gasteiger partial charge in [-0.15, -0.1) is 0 Å². The summed E-state index contributed by atoms with van der Waals surface area (Å²) in [7, 11) is 0. The van der Waals surface area contributed by atoms with Crippen LogP contribution in [0.3, 0.4) is 0 Å². The highest BCUT2D eigenvalue weighted by Crippen LogP contribution is 2.18. The Hall–Kier alpha value is -2.57. The summed E-state index contributed by atoms with van der Waals surface area (Å²) in [6.07, 6.45) is 1.24. The van der Waals surface area contributed by atoms with Crippen molar-refractivity contribution in [2.75, 3.05) is 18.5 Å². The van der Waals surface area contributed by atoms with E-state index in [1.54, 1.807) is 48.5 Å². The van der Waals surface area contributed by atoms with Crippen LogP contribution in [0.2, 0.25) is 5.02 Å². The lowest BCUT2D eigenvalue weighted by atomic mass is 10.2. The molecule has 0 spiro atoms. The maximum absolute atomic E-state index is 12.3. The van der Waals surface area contributed by atoms with Crippen molar-refractivity contribution in [3.8, 4) is 5.75 Å². The van der Waals surface area contributed by atoms with E-state index in [4.69, 9.17) is 25.8 Å². The number of halogens is 1. The summed E-state index contributed by atoms with van der Waals surface area (Å²) in [4.78, 5) is 24.4. The zero-order valence-electron chi connectivity index (χ0n) is 15.5. The molecule has 2 atom stereocenters. The average molecular weight is 404 g/mol. The number of amides is 1. The maximum atomic E-state index is 12.3. The lowest BCUT2D eigenvalue weighted by molar-refractivity contribution is -0.123. The van der Waals surface area contributed by atoms with Gasteiger partial charge in [0, 0.05) is 17.3 Å². The predicted molar refractivity (Wildman–Crippen MR) is 106 cm³/mol. The molecule has 0 saturated carbocycles. The first-order chi connectivity index (χ1) is 13.5. The molecule has 1 aliphatic rings. The molecular formula is C21H22ClNO5. The molecule has 0 unspecified atom stereocenters. The summed E-state index contributed by atoms with van der Waals surface area (Å²) < 4.78 is 16.4. The molecule has 1 N–H and O–H groups in total. The Bertz CT molecular complexity index is 801. The zero-order chi connectivity index (χ0) is 19.9. The van der Waals surface area contributed by atoms with Crippen molar-refractivity contribution in [1.29, 1.82) is 0 Å². The second-order valence-electron chi connectivity index (χ2n) is 6.51. The first-order valence-corrected chi connectivity index (χ1v) is 9.51. The molecule has 7 heteroatoms. The summed E-state index contributed by atoms with van der Waals surface area (Å²) in [6.45, 7) is 2.79. The Balaban J connectivity index is 1.48. The van der Waals surface area contributed by atoms with Crippen LogP contribution < -0.4 is 10.1 Å². The van der Waals surface area contributed by atoms with Gasteiger partial charge < -0.3 is 19.5 Å². The molecule has 0 aromatic heterocycles. The number of nitrogens with one attached hydrogen (secondary N) is 1. The molecule has 1 fully saturated rings. The minimum Gasteiger partial charge on any atom is -0.491 e. The minimum atomic E-state index is -0.946. The quantitative estimate of drug-likeness (QED) is 0.705. The molecule has 3 rings (SSSR count). The summed E-state index contributed by atoms with van der Waals surface area (Å²) in [5.41, 5.74) is 0.917. The number of anilines is 1. The molecule has 1 saturated heterocycles. The van der Waals surface area contributed by atoms with Crippen LogP contribution in [0.5, 0.6) is 5.75 Å². The van der Waals surface area contributed by atoms with Gasteiger partial charge in [-0.2, -0.15) is 0 Å². The highest BCUT2D eigenvalue weighted by molar-refractivity contribution is 6.30. The fraction of sp³-hybridized carbons (Fsp3) is 0.333. The molecule has 148 valence electrons. The van der Waals surface area contributed by atoms with E-state index >= 15 is 0 Å². The lowest BCUT2D eigenvalue weighted by Gasteiger charge is -2.14. The van der Waals surface area contributed by atoms with Crippen molar-refractivity contribution in [1.82, 2.24) is 0 Å². The first kappa shape index (κ1) is 20.2. The van der Waals surface area contributed by atoms with Gasteiger partial charge in [-0.25, -0.2) is 4.79 Å². The predicted octanol–water partition coefficient (Wildman–Crippen LogP) is 4.08. The minimum absolute atomic E-state index is 0.129. The van der Waals surface area contributed by atoms with Crippen molar-refractivity contribution in [3.05, 3.63) is 59.1 Å². The molecule has 1 aliphatic heterocycles. The summed E-state index contributed by atoms with van der Waals surface area (Å²) in [5, 5.41) is 3.24. The topological polar surface area (TPSA) is 73.9 Å². The van der Waals surface area contributed by atoms with E-state index in [1.807, 2.05) is 0 Å². The van der Waals surface area contributed by atoms with E-state index in [-0.39, 0.29) is 6.10 Å². The SMILES string of the molecule is C[C@H](OC(=O)c1ccc(OC[C@H]2CCCO2)cc1)C(=O)Nc1ccc(Cl)cc1. The lowest BCUT2D eigenvalue weighted by Crippen LogP contribution is -2.30. The molecule has 6 nitrogen and oxygen atoms in total. The number of hydrogen-bond acceptors (Lipinski definition) is 5. The summed E-state index contributed by atoms with van der Waals surface area (Å²) in [5.74, 6) is -0.350. The maximum Gasteiger partial charge on any atom is 0.338 e. The van der Waals surface area contributed by atoms with Crippen molar-refractivity contribution in [3.63, 3.8) is 0 Å². The zero-order valence-corrected chi connectivity index (χ0v) is 16.3. The fourth-order valence-corrected chi connectivity index (χ4v) is 2.84. The van der Waals surface area contributed by atoms with Gasteiger partial charge in [0.1, 0.15) is 12.4 Å². The Morgan fingerprint density at radius 2 is 1.89 bits per heavy atom. The van der Waals surface area contributed by atoms with Gasteiger partial charge in [-0.1, -0.05) is 11.6 Å². The molecule has 0 aliphatic carbocycles. The van der Waals surface area contributed by atoms with Gasteiger partial charge in [-0.3, -0.25) is 4.79 Å². The third kappa shape index (κ3) is 5.71. The number of carbonyl (C=O) groups is 2. The highest BCUT2D eigenvalue weighted by Gasteiger charge is 2.19. The summed E-state index contributed by atoms with van der Waals surface area (Å²) >= 11 is 5.81. The molecule has 2 aromatic carbocycles. The van der Waals surface area contributed by atoms with Crippen LogP contribution in [0, 0.1) is 0 Å². The van der Waals surface area contributed by atoms with Crippen LogP contribution in [0.25, 0.3) is 0 Å². The highest BCUT2D eigenvalue weighted by atomic mass is 35.5. The number of ether oxygens (including phenoxy) is 3. The van der Waals surface area contributed by atoms with Crippen molar-refractivity contribution >= 4 is 29.2 Å². The normalized spacial score (nSPS) is 17.0. The van der Waals surface area contributed by atoms with E-state index in [9.17, 15) is 9.59 Å². The standard InChI is InChI=1S/C21H22ClNO5/c1-14(20(24)23-17-8-6-16(22)7-9-17)28-21(25)15-4-10-18(11-5-15)27-13-19-3-2-12-26-19/h4-11,14,19H,2-3,12-13H2,1H3,(H,23,24)/t14-,19+/m0/s1. The molecule has 0 radical (unpaired) electrons. The van der Waals surface area contributed by atoms with E-state index in [0.29, 0.717) is 28.6 Å². The van der Waals surface area contributed by atoms with Crippen molar-refractivity contribution < 1.29 is 23.8 Å². The van der Waals surface area contributed by atoms with Crippen molar-refractivity contribution in [2.45, 2.75) is 32.0 Å². The molecular weight excluding hydrogens is 382 g/mol. The number of benzene rings is 2. The van der Waals surface area contributed by atoms with Gasteiger partial charge in [0.25, 0.3) is 5.91 Å². The van der Waals surface area contributed by atoms with E-state index in [0.717, 1.165) is 19.4 Å². The van der Waals surface area contributed by atoms with Gasteiger partial charge in [0.2, 0.25) is 0 Å². The van der Waals surface area contributed by atoms with E-state index < -0.39 is 18.0 Å². The van der Waals surface area contributed by atoms with Crippen molar-refractivity contribution in [2.24, 2.45) is 0 Å². The Morgan fingerprint density at radius 1 is 1.18 bits per heavy atom. The second kappa shape index (κ2) is 9.57. The van der Waals surface area contributed by atoms with Crippen LogP contribution >= 0.6 is 11.6 Å². The largest absolute Gasteiger partial charge is 0.491 e. The van der Waals surface area contributed by atoms with Crippen LogP contribution in [-0.2, 0) is 14.3 Å². The second-order valence-corrected chi connectivity index (χ2v) is 6.95. The smallest absolute Gasteiger partial charge is 0.338 e. The summed E-state index contributed by atoms with van der Waals surface area (Å²) in [6, 6.07) is 13.3. The molecule has 1 heterocycles. The van der Waals surface area contributed by atoms with Crippen LogP contribution in [0.15, 0.2) is 48.5 Å². The van der Waals surface area contributed by atoms with E-state index in [1.165, 1.54) is 6.92 Å². The third-order valence-corrected chi connectivity index (χ3v) is 4.57. The number of carbonyl (C=O) groups excluding carboxylic acids is 2. The Labute approximate surface area is 168 Å².